The Hall–Kier alpha value is -3.02. The molecule has 4 rings (SSSR count). The van der Waals surface area contributed by atoms with Crippen molar-refractivity contribution in [2.75, 3.05) is 6.61 Å². The molecule has 1 fully saturated rings. The monoisotopic (exact) mass is 395 g/mol. The number of fused-ring (bicyclic) bond motifs is 1. The fraction of sp³-hybridized carbons (Fsp3) is 0.348. The van der Waals surface area contributed by atoms with E-state index in [1.54, 1.807) is 13.0 Å². The summed E-state index contributed by atoms with van der Waals surface area (Å²) in [5.41, 5.74) is 2.34. The van der Waals surface area contributed by atoms with E-state index >= 15 is 0 Å². The van der Waals surface area contributed by atoms with Gasteiger partial charge >= 0.3 is 12.1 Å². The van der Waals surface area contributed by atoms with Crippen LogP contribution in [0.4, 0.5) is 9.18 Å². The van der Waals surface area contributed by atoms with Gasteiger partial charge in [0.15, 0.2) is 0 Å². The summed E-state index contributed by atoms with van der Waals surface area (Å²) in [5.74, 6) is -1.49. The molecule has 2 aromatic carbocycles. The zero-order chi connectivity index (χ0) is 20.4. The quantitative estimate of drug-likeness (QED) is 0.549. The Labute approximate surface area is 168 Å². The fourth-order valence-corrected chi connectivity index (χ4v) is 4.15. The van der Waals surface area contributed by atoms with Crippen molar-refractivity contribution in [1.82, 2.24) is 0 Å². The molecule has 6 heteroatoms. The minimum atomic E-state index is -0.849. The number of ether oxygens (including phenoxy) is 2. The molecule has 2 aliphatic carbocycles. The van der Waals surface area contributed by atoms with Gasteiger partial charge in [-0.05, 0) is 60.4 Å². The van der Waals surface area contributed by atoms with Crippen LogP contribution in [0, 0.1) is 11.2 Å². The number of esters is 1. The molecule has 1 amide bonds. The molecule has 0 heterocycles. The van der Waals surface area contributed by atoms with Crippen molar-refractivity contribution in [2.45, 2.75) is 38.7 Å². The normalized spacial score (nSPS) is 19.0. The first-order chi connectivity index (χ1) is 14.0. The lowest BCUT2D eigenvalue weighted by Gasteiger charge is -2.20. The summed E-state index contributed by atoms with van der Waals surface area (Å²) in [6.45, 7) is 1.91. The van der Waals surface area contributed by atoms with Crippen LogP contribution in [0.5, 0.6) is 0 Å². The molecular formula is C23H22FNO4. The Bertz CT molecular complexity index is 966. The van der Waals surface area contributed by atoms with Crippen LogP contribution in [0.25, 0.3) is 0 Å². The molecule has 1 atom stereocenters. The second kappa shape index (κ2) is 7.78. The van der Waals surface area contributed by atoms with Crippen LogP contribution in [0.3, 0.4) is 0 Å². The van der Waals surface area contributed by atoms with Crippen molar-refractivity contribution in [3.8, 4) is 0 Å². The van der Waals surface area contributed by atoms with Gasteiger partial charge in [0.05, 0.1) is 6.61 Å². The fourth-order valence-electron chi connectivity index (χ4n) is 4.15. The summed E-state index contributed by atoms with van der Waals surface area (Å²) in [4.78, 5) is 29.1. The zero-order valence-corrected chi connectivity index (χ0v) is 16.2. The van der Waals surface area contributed by atoms with E-state index < -0.39 is 18.0 Å². The van der Waals surface area contributed by atoms with Gasteiger partial charge in [-0.15, -0.1) is 0 Å². The predicted octanol–water partition coefficient (Wildman–Crippen LogP) is 4.59. The van der Waals surface area contributed by atoms with Crippen LogP contribution < -0.4 is 0 Å². The van der Waals surface area contributed by atoms with Crippen LogP contribution in [-0.4, -0.2) is 24.4 Å². The molecule has 0 aliphatic heterocycles. The van der Waals surface area contributed by atoms with Crippen molar-refractivity contribution in [3.05, 3.63) is 71.0 Å². The van der Waals surface area contributed by atoms with Gasteiger partial charge in [-0.25, -0.2) is 14.0 Å². The molecule has 0 N–H and O–H groups in total. The van der Waals surface area contributed by atoms with E-state index in [0.717, 1.165) is 30.4 Å². The Balaban J connectivity index is 1.64. The average Bonchev–Trinajstić information content (AvgIpc) is 3.41. The first kappa shape index (κ1) is 19.3. The van der Waals surface area contributed by atoms with Gasteiger partial charge in [0.2, 0.25) is 0 Å². The highest BCUT2D eigenvalue weighted by Gasteiger charge is 2.57. The summed E-state index contributed by atoms with van der Waals surface area (Å²) < 4.78 is 24.4. The maximum Gasteiger partial charge on any atom is 0.434 e. The van der Waals surface area contributed by atoms with Gasteiger partial charge in [-0.1, -0.05) is 36.4 Å². The molecule has 150 valence electrons. The highest BCUT2D eigenvalue weighted by Crippen LogP contribution is 2.63. The third kappa shape index (κ3) is 3.92. The van der Waals surface area contributed by atoms with Gasteiger partial charge in [0.25, 0.3) is 0 Å². The number of rotatable bonds is 5. The standard InChI is InChI=1S/C23H22FNO4/c1-2-28-21(26)20(25-22(27)29-14-15-6-4-3-5-7-15)19-18-12-17(24)9-8-16(18)13-23(19)10-11-23/h3-9,12,19H,2,10-11,13-14H2,1H3/b25-20+. The Morgan fingerprint density at radius 3 is 2.59 bits per heavy atom. The third-order valence-corrected chi connectivity index (χ3v) is 5.64. The van der Waals surface area contributed by atoms with E-state index in [-0.39, 0.29) is 30.2 Å². The summed E-state index contributed by atoms with van der Waals surface area (Å²) >= 11 is 0. The van der Waals surface area contributed by atoms with Gasteiger partial charge in [0, 0.05) is 5.92 Å². The Kier molecular flexibility index (Phi) is 5.18. The second-order valence-electron chi connectivity index (χ2n) is 7.57. The SMILES string of the molecule is CCOC(=O)/C(=N/C(=O)OCc1ccccc1)C1c2cc(F)ccc2CC12CC2. The van der Waals surface area contributed by atoms with Gasteiger partial charge in [-0.2, -0.15) is 4.99 Å². The Morgan fingerprint density at radius 2 is 1.90 bits per heavy atom. The van der Waals surface area contributed by atoms with Gasteiger partial charge in [0.1, 0.15) is 18.1 Å². The highest BCUT2D eigenvalue weighted by atomic mass is 19.1. The molecule has 0 radical (unpaired) electrons. The van der Waals surface area contributed by atoms with Gasteiger partial charge in [-0.3, -0.25) is 0 Å². The van der Waals surface area contributed by atoms with Crippen molar-refractivity contribution in [1.29, 1.82) is 0 Å². The second-order valence-corrected chi connectivity index (χ2v) is 7.57. The van der Waals surface area contributed by atoms with E-state index in [4.69, 9.17) is 9.47 Å². The minimum absolute atomic E-state index is 0.00626. The van der Waals surface area contributed by atoms with E-state index in [1.165, 1.54) is 12.1 Å². The molecule has 0 bridgehead atoms. The van der Waals surface area contributed by atoms with Crippen LogP contribution in [-0.2, 0) is 27.3 Å². The number of benzene rings is 2. The van der Waals surface area contributed by atoms with E-state index in [0.29, 0.717) is 5.56 Å². The van der Waals surface area contributed by atoms with E-state index in [1.807, 2.05) is 30.3 Å². The molecule has 1 unspecified atom stereocenters. The first-order valence-electron chi connectivity index (χ1n) is 9.77. The predicted molar refractivity (Wildman–Crippen MR) is 105 cm³/mol. The largest absolute Gasteiger partial charge is 0.461 e. The van der Waals surface area contributed by atoms with Crippen molar-refractivity contribution in [3.63, 3.8) is 0 Å². The number of hydrogen-bond acceptors (Lipinski definition) is 4. The smallest absolute Gasteiger partial charge is 0.434 e. The minimum Gasteiger partial charge on any atom is -0.461 e. The third-order valence-electron chi connectivity index (χ3n) is 5.64. The first-order valence-corrected chi connectivity index (χ1v) is 9.77. The molecule has 29 heavy (non-hydrogen) atoms. The molecule has 2 aromatic rings. The number of carbonyl (C=O) groups excluding carboxylic acids is 2. The molecular weight excluding hydrogens is 373 g/mol. The van der Waals surface area contributed by atoms with Crippen LogP contribution in [0.15, 0.2) is 53.5 Å². The number of hydrogen-bond donors (Lipinski definition) is 0. The number of carbonyl (C=O) groups is 2. The molecule has 2 aliphatic rings. The van der Waals surface area contributed by atoms with Crippen molar-refractivity contribution >= 4 is 17.8 Å². The highest BCUT2D eigenvalue weighted by molar-refractivity contribution is 6.40. The van der Waals surface area contributed by atoms with E-state index in [9.17, 15) is 14.0 Å². The molecule has 1 spiro atoms. The zero-order valence-electron chi connectivity index (χ0n) is 16.2. The molecule has 0 aromatic heterocycles. The number of halogens is 1. The van der Waals surface area contributed by atoms with Crippen LogP contribution in [0.2, 0.25) is 0 Å². The summed E-state index contributed by atoms with van der Waals surface area (Å²) in [7, 11) is 0. The maximum atomic E-state index is 13.9. The van der Waals surface area contributed by atoms with E-state index in [2.05, 4.69) is 4.99 Å². The lowest BCUT2D eigenvalue weighted by molar-refractivity contribution is -0.135. The van der Waals surface area contributed by atoms with Crippen LogP contribution >= 0.6 is 0 Å². The van der Waals surface area contributed by atoms with Crippen LogP contribution in [0.1, 0.15) is 42.4 Å². The summed E-state index contributed by atoms with van der Waals surface area (Å²) in [6, 6.07) is 13.8. The van der Waals surface area contributed by atoms with Crippen molar-refractivity contribution in [2.24, 2.45) is 10.4 Å². The number of nitrogens with zero attached hydrogens (tertiary/aromatic N) is 1. The topological polar surface area (TPSA) is 65.0 Å². The molecule has 5 nitrogen and oxygen atoms in total. The lowest BCUT2D eigenvalue weighted by Crippen LogP contribution is -2.30. The lowest BCUT2D eigenvalue weighted by atomic mass is 9.85. The molecule has 0 saturated heterocycles. The summed E-state index contributed by atoms with van der Waals surface area (Å²) in [5, 5.41) is 0. The van der Waals surface area contributed by atoms with Crippen molar-refractivity contribution < 1.29 is 23.5 Å². The maximum absolute atomic E-state index is 13.9. The van der Waals surface area contributed by atoms with Gasteiger partial charge < -0.3 is 9.47 Å². The molecule has 1 saturated carbocycles. The average molecular weight is 395 g/mol. The number of amides is 1. The summed E-state index contributed by atoms with van der Waals surface area (Å²) in [6.07, 6.45) is 1.68. The number of aliphatic imine (C=N–C) groups is 1. The Morgan fingerprint density at radius 1 is 1.14 bits per heavy atom.